The van der Waals surface area contributed by atoms with Gasteiger partial charge in [-0.15, -0.1) is 0 Å². The first kappa shape index (κ1) is 19.2. The lowest BCUT2D eigenvalue weighted by Crippen LogP contribution is -2.21. The van der Waals surface area contributed by atoms with Crippen molar-refractivity contribution in [1.82, 2.24) is 14.8 Å². The highest BCUT2D eigenvalue weighted by atomic mass is 16.5. The van der Waals surface area contributed by atoms with Crippen molar-refractivity contribution < 1.29 is 14.3 Å². The van der Waals surface area contributed by atoms with E-state index in [2.05, 4.69) is 15.4 Å². The Labute approximate surface area is 163 Å². The number of hydrogen-bond acceptors (Lipinski definition) is 5. The van der Waals surface area contributed by atoms with E-state index in [9.17, 15) is 4.79 Å². The summed E-state index contributed by atoms with van der Waals surface area (Å²) in [5.74, 6) is 0.836. The molecule has 0 fully saturated rings. The molecule has 0 radical (unpaired) electrons. The minimum absolute atomic E-state index is 0.128. The second-order valence-corrected chi connectivity index (χ2v) is 6.00. The number of hydrogen-bond donors (Lipinski definition) is 1. The summed E-state index contributed by atoms with van der Waals surface area (Å²) >= 11 is 0. The van der Waals surface area contributed by atoms with Gasteiger partial charge in [0, 0.05) is 5.69 Å². The van der Waals surface area contributed by atoms with Crippen molar-refractivity contribution in [3.63, 3.8) is 0 Å². The quantitative estimate of drug-likeness (QED) is 0.650. The minimum atomic E-state index is -0.259. The monoisotopic (exact) mass is 378 g/mol. The Morgan fingerprint density at radius 2 is 2.07 bits per heavy atom. The maximum Gasteiger partial charge on any atom is 0.262 e. The van der Waals surface area contributed by atoms with Gasteiger partial charge in [-0.25, -0.2) is 9.67 Å². The number of anilines is 1. The Kier molecular flexibility index (Phi) is 6.41. The van der Waals surface area contributed by atoms with Crippen LogP contribution in [0.3, 0.4) is 0 Å². The normalized spacial score (nSPS) is 10.8. The number of amides is 1. The number of rotatable bonds is 8. The standard InChI is InChI=1S/C21H22N4O3/c1-3-6-16-9-10-19(20(11-16)27-2)28-13-21(26)24-18-8-5-4-7-17(18)12-25-15-22-14-23-25/h3-11,14-15H,12-13H2,1-2H3,(H,24,26)/b6-3-. The zero-order valence-corrected chi connectivity index (χ0v) is 15.8. The van der Waals surface area contributed by atoms with Crippen LogP contribution in [0, 0.1) is 0 Å². The summed E-state index contributed by atoms with van der Waals surface area (Å²) in [5, 5.41) is 6.98. The number of nitrogens with zero attached hydrogens (tertiary/aromatic N) is 3. The number of carbonyl (C=O) groups is 1. The fourth-order valence-electron chi connectivity index (χ4n) is 2.70. The van der Waals surface area contributed by atoms with E-state index in [1.165, 1.54) is 6.33 Å². The highest BCUT2D eigenvalue weighted by Gasteiger charge is 2.11. The van der Waals surface area contributed by atoms with Crippen LogP contribution in [0.25, 0.3) is 6.08 Å². The van der Waals surface area contributed by atoms with Crippen LogP contribution in [0.15, 0.2) is 61.2 Å². The van der Waals surface area contributed by atoms with E-state index in [0.717, 1.165) is 11.1 Å². The summed E-state index contributed by atoms with van der Waals surface area (Å²) in [6.45, 7) is 2.33. The van der Waals surface area contributed by atoms with Gasteiger partial charge in [0.25, 0.3) is 5.91 Å². The number of carbonyl (C=O) groups excluding carboxylic acids is 1. The SMILES string of the molecule is C/C=C\c1ccc(OCC(=O)Nc2ccccc2Cn2cncn2)c(OC)c1. The highest BCUT2D eigenvalue weighted by molar-refractivity contribution is 5.92. The molecule has 2 aromatic carbocycles. The van der Waals surface area contributed by atoms with Crippen LogP contribution in [-0.4, -0.2) is 34.4 Å². The average molecular weight is 378 g/mol. The molecule has 7 nitrogen and oxygen atoms in total. The lowest BCUT2D eigenvalue weighted by molar-refractivity contribution is -0.118. The van der Waals surface area contributed by atoms with Gasteiger partial charge in [0.1, 0.15) is 12.7 Å². The summed E-state index contributed by atoms with van der Waals surface area (Å²) in [6, 6.07) is 13.1. The number of allylic oxidation sites excluding steroid dienone is 1. The summed E-state index contributed by atoms with van der Waals surface area (Å²) in [6.07, 6.45) is 7.01. The van der Waals surface area contributed by atoms with E-state index in [1.54, 1.807) is 24.2 Å². The molecule has 144 valence electrons. The molecule has 1 N–H and O–H groups in total. The van der Waals surface area contributed by atoms with Crippen molar-refractivity contribution in [3.8, 4) is 11.5 Å². The fraction of sp³-hybridized carbons (Fsp3) is 0.190. The van der Waals surface area contributed by atoms with Crippen molar-refractivity contribution in [3.05, 3.63) is 72.3 Å². The van der Waals surface area contributed by atoms with Gasteiger partial charge in [-0.05, 0) is 36.2 Å². The first-order chi connectivity index (χ1) is 13.7. The molecule has 0 aliphatic heterocycles. The molecular weight excluding hydrogens is 356 g/mol. The van der Waals surface area contributed by atoms with Gasteiger partial charge in [0.2, 0.25) is 0 Å². The highest BCUT2D eigenvalue weighted by Crippen LogP contribution is 2.28. The molecular formula is C21H22N4O3. The van der Waals surface area contributed by atoms with Crippen LogP contribution in [0.2, 0.25) is 0 Å². The summed E-state index contributed by atoms with van der Waals surface area (Å²) in [7, 11) is 1.57. The van der Waals surface area contributed by atoms with Crippen molar-refractivity contribution in [2.45, 2.75) is 13.5 Å². The third kappa shape index (κ3) is 4.97. The maximum absolute atomic E-state index is 12.4. The van der Waals surface area contributed by atoms with Gasteiger partial charge in [0.15, 0.2) is 18.1 Å². The molecule has 0 aliphatic rings. The van der Waals surface area contributed by atoms with E-state index >= 15 is 0 Å². The molecule has 0 saturated heterocycles. The van der Waals surface area contributed by atoms with Crippen LogP contribution in [-0.2, 0) is 11.3 Å². The molecule has 0 atom stereocenters. The van der Waals surface area contributed by atoms with Gasteiger partial charge in [0.05, 0.1) is 13.7 Å². The lowest BCUT2D eigenvalue weighted by atomic mass is 10.1. The van der Waals surface area contributed by atoms with Crippen LogP contribution >= 0.6 is 0 Å². The number of nitrogens with one attached hydrogen (secondary N) is 1. The Bertz CT molecular complexity index is 952. The number of methoxy groups -OCH3 is 1. The molecule has 0 aliphatic carbocycles. The zero-order chi connectivity index (χ0) is 19.8. The summed E-state index contributed by atoms with van der Waals surface area (Å²) in [5.41, 5.74) is 2.63. The average Bonchev–Trinajstić information content (AvgIpc) is 3.22. The van der Waals surface area contributed by atoms with Crippen LogP contribution in [0.4, 0.5) is 5.69 Å². The van der Waals surface area contributed by atoms with E-state index in [0.29, 0.717) is 23.7 Å². The molecule has 0 spiro atoms. The fourth-order valence-corrected chi connectivity index (χ4v) is 2.70. The van der Waals surface area contributed by atoms with Crippen molar-refractivity contribution in [1.29, 1.82) is 0 Å². The lowest BCUT2D eigenvalue weighted by Gasteiger charge is -2.13. The zero-order valence-electron chi connectivity index (χ0n) is 15.8. The van der Waals surface area contributed by atoms with Crippen LogP contribution in [0.5, 0.6) is 11.5 Å². The summed E-state index contributed by atoms with van der Waals surface area (Å²) < 4.78 is 12.7. The first-order valence-corrected chi connectivity index (χ1v) is 8.83. The molecule has 1 amide bonds. The molecule has 0 bridgehead atoms. The first-order valence-electron chi connectivity index (χ1n) is 8.83. The summed E-state index contributed by atoms with van der Waals surface area (Å²) in [4.78, 5) is 16.3. The number of para-hydroxylation sites is 1. The predicted molar refractivity (Wildman–Crippen MR) is 107 cm³/mol. The predicted octanol–water partition coefficient (Wildman–Crippen LogP) is 3.39. The van der Waals surface area contributed by atoms with Crippen molar-refractivity contribution in [2.24, 2.45) is 0 Å². The third-order valence-electron chi connectivity index (χ3n) is 4.00. The van der Waals surface area contributed by atoms with Gasteiger partial charge >= 0.3 is 0 Å². The molecule has 7 heteroatoms. The van der Waals surface area contributed by atoms with E-state index < -0.39 is 0 Å². The van der Waals surface area contributed by atoms with Gasteiger partial charge in [-0.3, -0.25) is 4.79 Å². The van der Waals surface area contributed by atoms with Crippen LogP contribution in [0.1, 0.15) is 18.1 Å². The molecule has 1 heterocycles. The molecule has 28 heavy (non-hydrogen) atoms. The van der Waals surface area contributed by atoms with Crippen LogP contribution < -0.4 is 14.8 Å². The minimum Gasteiger partial charge on any atom is -0.493 e. The smallest absolute Gasteiger partial charge is 0.262 e. The van der Waals surface area contributed by atoms with Gasteiger partial charge in [-0.1, -0.05) is 36.4 Å². The number of ether oxygens (including phenoxy) is 2. The van der Waals surface area contributed by atoms with Gasteiger partial charge in [-0.2, -0.15) is 5.10 Å². The van der Waals surface area contributed by atoms with Gasteiger partial charge < -0.3 is 14.8 Å². The second kappa shape index (κ2) is 9.36. The molecule has 3 aromatic rings. The van der Waals surface area contributed by atoms with E-state index in [1.807, 2.05) is 55.5 Å². The van der Waals surface area contributed by atoms with E-state index in [4.69, 9.17) is 9.47 Å². The van der Waals surface area contributed by atoms with Crippen molar-refractivity contribution in [2.75, 3.05) is 19.0 Å². The topological polar surface area (TPSA) is 78.3 Å². The second-order valence-electron chi connectivity index (χ2n) is 6.00. The molecule has 3 rings (SSSR count). The van der Waals surface area contributed by atoms with E-state index in [-0.39, 0.29) is 12.5 Å². The Hall–Kier alpha value is -3.61. The Morgan fingerprint density at radius 1 is 1.21 bits per heavy atom. The number of benzene rings is 2. The molecule has 0 saturated carbocycles. The largest absolute Gasteiger partial charge is 0.493 e. The Morgan fingerprint density at radius 3 is 2.82 bits per heavy atom. The van der Waals surface area contributed by atoms with Crippen molar-refractivity contribution >= 4 is 17.7 Å². The number of aromatic nitrogens is 3. The molecule has 1 aromatic heterocycles. The molecule has 0 unspecified atom stereocenters. The third-order valence-corrected chi connectivity index (χ3v) is 4.00. The Balaban J connectivity index is 1.64. The maximum atomic E-state index is 12.4.